The van der Waals surface area contributed by atoms with Crippen molar-refractivity contribution < 1.29 is 4.79 Å². The van der Waals surface area contributed by atoms with Crippen LogP contribution in [0.4, 0.5) is 0 Å². The molecule has 0 spiro atoms. The number of unbranched alkanes of at least 4 members (excludes halogenated alkanes) is 2. The second kappa shape index (κ2) is 6.31. The van der Waals surface area contributed by atoms with Crippen molar-refractivity contribution in [1.29, 1.82) is 0 Å². The molecule has 2 aromatic heterocycles. The maximum Gasteiger partial charge on any atom is 0.222 e. The van der Waals surface area contributed by atoms with Gasteiger partial charge < -0.3 is 9.47 Å². The van der Waals surface area contributed by atoms with Gasteiger partial charge >= 0.3 is 0 Å². The van der Waals surface area contributed by atoms with Crippen LogP contribution in [0, 0.1) is 5.92 Å². The maximum atomic E-state index is 12.6. The largest absolute Gasteiger partial charge is 0.337 e. The number of nitrogens with zero attached hydrogens (tertiary/aromatic N) is 5. The van der Waals surface area contributed by atoms with E-state index in [1.54, 1.807) is 6.33 Å². The van der Waals surface area contributed by atoms with Gasteiger partial charge in [0.1, 0.15) is 11.8 Å². The van der Waals surface area contributed by atoms with Crippen LogP contribution in [0.25, 0.3) is 11.2 Å². The Morgan fingerprint density at radius 1 is 1.25 bits per heavy atom. The molecule has 1 aliphatic carbocycles. The van der Waals surface area contributed by atoms with Crippen LogP contribution in [0.5, 0.6) is 0 Å². The Labute approximate surface area is 146 Å². The molecule has 2 aliphatic rings. The Morgan fingerprint density at radius 3 is 2.88 bits per heavy atom. The number of halogens is 1. The Hall–Kier alpha value is -1.69. The summed E-state index contributed by atoms with van der Waals surface area (Å²) in [5, 5.41) is 0.384. The molecule has 0 radical (unpaired) electrons. The summed E-state index contributed by atoms with van der Waals surface area (Å²) in [6.07, 6.45) is 9.37. The van der Waals surface area contributed by atoms with E-state index in [2.05, 4.69) is 31.3 Å². The van der Waals surface area contributed by atoms with Gasteiger partial charge in [-0.1, -0.05) is 31.4 Å². The fourth-order valence-electron chi connectivity index (χ4n) is 4.31. The van der Waals surface area contributed by atoms with Crippen molar-refractivity contribution in [2.24, 2.45) is 5.92 Å². The van der Waals surface area contributed by atoms with Crippen molar-refractivity contribution in [2.45, 2.75) is 57.5 Å². The monoisotopic (exact) mass is 347 g/mol. The first kappa shape index (κ1) is 15.8. The van der Waals surface area contributed by atoms with Crippen molar-refractivity contribution in [2.75, 3.05) is 6.54 Å². The number of hydrogen-bond donors (Lipinski definition) is 0. The van der Waals surface area contributed by atoms with E-state index < -0.39 is 0 Å². The number of likely N-dealkylation sites (tertiary alicyclic amines) is 1. The van der Waals surface area contributed by atoms with Crippen LogP contribution < -0.4 is 0 Å². The molecule has 2 bridgehead atoms. The minimum absolute atomic E-state index is 0.245. The van der Waals surface area contributed by atoms with Gasteiger partial charge in [0, 0.05) is 13.0 Å². The second-order valence-corrected chi connectivity index (χ2v) is 7.32. The van der Waals surface area contributed by atoms with Crippen LogP contribution in [0.1, 0.15) is 51.5 Å². The third kappa shape index (κ3) is 2.57. The molecule has 0 unspecified atom stereocenters. The van der Waals surface area contributed by atoms with Gasteiger partial charge in [-0.15, -0.1) is 0 Å². The zero-order valence-corrected chi connectivity index (χ0v) is 14.6. The molecule has 2 aromatic rings. The number of fused-ring (bicyclic) bond motifs is 3. The van der Waals surface area contributed by atoms with E-state index in [9.17, 15) is 4.79 Å². The molecule has 24 heavy (non-hydrogen) atoms. The first-order valence-electron chi connectivity index (χ1n) is 8.81. The SMILES string of the molecule is CCCCCC(=O)N1C[C@@H]2C[C@H]1[C@@H](n1cnc3c(Cl)ncnc31)C2. The quantitative estimate of drug-likeness (QED) is 0.615. The van der Waals surface area contributed by atoms with E-state index in [0.29, 0.717) is 28.9 Å². The van der Waals surface area contributed by atoms with Gasteiger partial charge in [-0.05, 0) is 25.2 Å². The molecule has 0 aromatic carbocycles. The lowest BCUT2D eigenvalue weighted by molar-refractivity contribution is -0.133. The van der Waals surface area contributed by atoms with Gasteiger partial charge in [-0.2, -0.15) is 0 Å². The molecule has 4 rings (SSSR count). The van der Waals surface area contributed by atoms with Crippen molar-refractivity contribution in [3.8, 4) is 0 Å². The molecular weight excluding hydrogens is 326 g/mol. The van der Waals surface area contributed by atoms with E-state index in [-0.39, 0.29) is 12.1 Å². The highest BCUT2D eigenvalue weighted by Crippen LogP contribution is 2.45. The summed E-state index contributed by atoms with van der Waals surface area (Å²) in [4.78, 5) is 27.4. The van der Waals surface area contributed by atoms with Crippen LogP contribution in [-0.4, -0.2) is 42.9 Å². The lowest BCUT2D eigenvalue weighted by Gasteiger charge is -2.34. The first-order valence-corrected chi connectivity index (χ1v) is 9.19. The number of aromatic nitrogens is 4. The fraction of sp³-hybridized carbons (Fsp3) is 0.647. The Balaban J connectivity index is 1.56. The highest BCUT2D eigenvalue weighted by Gasteiger charge is 2.47. The second-order valence-electron chi connectivity index (χ2n) is 6.96. The average molecular weight is 348 g/mol. The van der Waals surface area contributed by atoms with Gasteiger partial charge in [-0.3, -0.25) is 4.79 Å². The molecule has 1 aliphatic heterocycles. The lowest BCUT2D eigenvalue weighted by atomic mass is 10.0. The Morgan fingerprint density at radius 2 is 2.08 bits per heavy atom. The summed E-state index contributed by atoms with van der Waals surface area (Å²) in [6, 6.07) is 0.505. The van der Waals surface area contributed by atoms with Gasteiger partial charge in [0.15, 0.2) is 10.8 Å². The third-order valence-electron chi connectivity index (χ3n) is 5.43. The lowest BCUT2D eigenvalue weighted by Crippen LogP contribution is -2.42. The van der Waals surface area contributed by atoms with E-state index in [1.807, 2.05) is 0 Å². The van der Waals surface area contributed by atoms with Gasteiger partial charge in [0.2, 0.25) is 5.91 Å². The predicted octanol–water partition coefficient (Wildman–Crippen LogP) is 3.22. The molecular formula is C17H22ClN5O. The minimum Gasteiger partial charge on any atom is -0.337 e. The summed E-state index contributed by atoms with van der Waals surface area (Å²) in [7, 11) is 0. The molecule has 7 heteroatoms. The fourth-order valence-corrected chi connectivity index (χ4v) is 4.49. The van der Waals surface area contributed by atoms with Gasteiger partial charge in [0.05, 0.1) is 18.4 Å². The van der Waals surface area contributed by atoms with Gasteiger partial charge in [-0.25, -0.2) is 15.0 Å². The van der Waals surface area contributed by atoms with Crippen LogP contribution in [0.3, 0.4) is 0 Å². The number of piperidine rings is 1. The number of imidazole rings is 1. The average Bonchev–Trinajstić information content (AvgIpc) is 3.28. The summed E-state index contributed by atoms with van der Waals surface area (Å²) >= 11 is 6.11. The van der Waals surface area contributed by atoms with E-state index in [0.717, 1.165) is 44.3 Å². The molecule has 3 heterocycles. The molecule has 128 valence electrons. The molecule has 3 atom stereocenters. The number of carbonyl (C=O) groups excluding carboxylic acids is 1. The standard InChI is InChI=1S/C17H22ClN5O/c1-2-3-4-5-14(24)22-8-11-6-12(22)13(7-11)23-10-21-15-16(18)19-9-20-17(15)23/h9-13H,2-8H2,1H3/t11-,12+,13+/m1/s1. The van der Waals surface area contributed by atoms with E-state index >= 15 is 0 Å². The number of rotatable bonds is 5. The van der Waals surface area contributed by atoms with Crippen LogP contribution in [0.15, 0.2) is 12.7 Å². The minimum atomic E-state index is 0.245. The first-order chi connectivity index (χ1) is 11.7. The summed E-state index contributed by atoms with van der Waals surface area (Å²) < 4.78 is 2.10. The maximum absolute atomic E-state index is 12.6. The number of carbonyl (C=O) groups is 1. The molecule has 6 nitrogen and oxygen atoms in total. The Kier molecular flexibility index (Phi) is 4.16. The molecule has 1 saturated heterocycles. The number of hydrogen-bond acceptors (Lipinski definition) is 4. The summed E-state index contributed by atoms with van der Waals surface area (Å²) in [5.41, 5.74) is 1.41. The van der Waals surface area contributed by atoms with Crippen LogP contribution in [0.2, 0.25) is 5.15 Å². The summed E-state index contributed by atoms with van der Waals surface area (Å²) in [6.45, 7) is 3.07. The van der Waals surface area contributed by atoms with Crippen molar-refractivity contribution in [1.82, 2.24) is 24.4 Å². The van der Waals surface area contributed by atoms with Crippen LogP contribution in [-0.2, 0) is 4.79 Å². The zero-order valence-electron chi connectivity index (χ0n) is 13.9. The number of amides is 1. The normalized spacial score (nSPS) is 25.8. The van der Waals surface area contributed by atoms with Crippen LogP contribution >= 0.6 is 11.6 Å². The zero-order chi connectivity index (χ0) is 16.7. The smallest absolute Gasteiger partial charge is 0.222 e. The van der Waals surface area contributed by atoms with E-state index in [1.165, 1.54) is 6.33 Å². The van der Waals surface area contributed by atoms with Crippen molar-refractivity contribution >= 4 is 28.7 Å². The molecule has 2 fully saturated rings. The third-order valence-corrected chi connectivity index (χ3v) is 5.71. The van der Waals surface area contributed by atoms with E-state index in [4.69, 9.17) is 11.6 Å². The highest BCUT2D eigenvalue weighted by atomic mass is 35.5. The van der Waals surface area contributed by atoms with Gasteiger partial charge in [0.25, 0.3) is 0 Å². The predicted molar refractivity (Wildman–Crippen MR) is 91.7 cm³/mol. The summed E-state index contributed by atoms with van der Waals surface area (Å²) in [5.74, 6) is 0.891. The highest BCUT2D eigenvalue weighted by molar-refractivity contribution is 6.33. The molecule has 0 N–H and O–H groups in total. The molecule has 1 saturated carbocycles. The van der Waals surface area contributed by atoms with Crippen molar-refractivity contribution in [3.63, 3.8) is 0 Å². The Bertz CT molecular complexity index is 761. The molecule has 1 amide bonds. The topological polar surface area (TPSA) is 63.9 Å². The van der Waals surface area contributed by atoms with Crippen molar-refractivity contribution in [3.05, 3.63) is 17.8 Å².